The molecule has 1 aromatic carbocycles. The van der Waals surface area contributed by atoms with Gasteiger partial charge in [0.1, 0.15) is 6.10 Å². The molecule has 24 heavy (non-hydrogen) atoms. The van der Waals surface area contributed by atoms with Crippen LogP contribution in [0.4, 0.5) is 0 Å². The number of methoxy groups -OCH3 is 1. The van der Waals surface area contributed by atoms with E-state index in [-0.39, 0.29) is 12.0 Å². The molecule has 1 unspecified atom stereocenters. The number of aromatic nitrogens is 1. The topological polar surface area (TPSA) is 60.8 Å². The summed E-state index contributed by atoms with van der Waals surface area (Å²) in [4.78, 5) is 4.41. The third-order valence-corrected chi connectivity index (χ3v) is 4.77. The van der Waals surface area contributed by atoms with Crippen LogP contribution in [0.3, 0.4) is 0 Å². The molecule has 0 spiro atoms. The lowest BCUT2D eigenvalue weighted by Gasteiger charge is -2.13. The zero-order valence-electron chi connectivity index (χ0n) is 13.9. The Hall–Kier alpha value is -2.05. The number of rotatable bonds is 3. The highest BCUT2D eigenvalue weighted by atomic mass is 16.5. The molecule has 0 aliphatic carbocycles. The average molecular weight is 325 g/mol. The van der Waals surface area contributed by atoms with E-state index in [4.69, 9.17) is 14.1 Å². The van der Waals surface area contributed by atoms with Crippen molar-refractivity contribution in [1.29, 1.82) is 0 Å². The first kappa shape index (κ1) is 15.5. The van der Waals surface area contributed by atoms with E-state index in [1.807, 2.05) is 18.5 Å². The van der Waals surface area contributed by atoms with Gasteiger partial charge in [0.2, 0.25) is 0 Å². The lowest BCUT2D eigenvalue weighted by atomic mass is 9.79. The number of hydrogen-bond acceptors (Lipinski definition) is 5. The Labute approximate surface area is 141 Å². The molecule has 0 bridgehead atoms. The summed E-state index contributed by atoms with van der Waals surface area (Å²) in [5, 5.41) is 9.59. The molecule has 124 valence electrons. The van der Waals surface area contributed by atoms with Crippen molar-refractivity contribution in [2.24, 2.45) is 0 Å². The molecule has 3 heterocycles. The van der Waals surface area contributed by atoms with Gasteiger partial charge in [-0.2, -0.15) is 0 Å². The highest BCUT2D eigenvalue weighted by Gasteiger charge is 2.31. The Balaban J connectivity index is 1.74. The fourth-order valence-electron chi connectivity index (χ4n) is 3.57. The predicted octanol–water partition coefficient (Wildman–Crippen LogP) is 2.67. The van der Waals surface area contributed by atoms with Gasteiger partial charge in [0, 0.05) is 42.5 Å². The zero-order valence-corrected chi connectivity index (χ0v) is 13.9. The van der Waals surface area contributed by atoms with Crippen LogP contribution >= 0.6 is 0 Å². The highest BCUT2D eigenvalue weighted by molar-refractivity contribution is 6.43. The smallest absolute Gasteiger partial charge is 0.454 e. The molecular weight excluding hydrogens is 305 g/mol. The molecule has 0 radical (unpaired) electrons. The summed E-state index contributed by atoms with van der Waals surface area (Å²) in [7, 11) is 0.994. The summed E-state index contributed by atoms with van der Waals surface area (Å²) in [6, 6.07) is 6.16. The van der Waals surface area contributed by atoms with E-state index in [0.717, 1.165) is 34.6 Å². The van der Waals surface area contributed by atoms with E-state index in [1.54, 1.807) is 7.11 Å². The van der Waals surface area contributed by atoms with Crippen molar-refractivity contribution in [3.05, 3.63) is 41.7 Å². The molecule has 0 amide bonds. The molecular formula is C18H20BNO4. The first-order valence-electron chi connectivity index (χ1n) is 8.27. The molecule has 0 saturated carbocycles. The molecule has 2 aliphatic heterocycles. The van der Waals surface area contributed by atoms with Crippen LogP contribution in [0.5, 0.6) is 11.5 Å². The predicted molar refractivity (Wildman–Crippen MR) is 91.5 cm³/mol. The van der Waals surface area contributed by atoms with Crippen molar-refractivity contribution >= 4 is 7.12 Å². The monoisotopic (exact) mass is 325 g/mol. The van der Waals surface area contributed by atoms with E-state index >= 15 is 0 Å². The maximum Gasteiger partial charge on any atom is 0.454 e. The molecule has 6 heteroatoms. The van der Waals surface area contributed by atoms with Gasteiger partial charge in [-0.25, -0.2) is 0 Å². The second-order valence-corrected chi connectivity index (χ2v) is 6.48. The van der Waals surface area contributed by atoms with Gasteiger partial charge in [-0.1, -0.05) is 6.07 Å². The number of fused-ring (bicyclic) bond motifs is 1. The van der Waals surface area contributed by atoms with Crippen LogP contribution in [0.1, 0.15) is 24.0 Å². The minimum Gasteiger partial charge on any atom is -0.493 e. The van der Waals surface area contributed by atoms with Crippen molar-refractivity contribution < 1.29 is 19.2 Å². The maximum absolute atomic E-state index is 9.59. The van der Waals surface area contributed by atoms with Crippen LogP contribution < -0.4 is 9.47 Å². The minimum atomic E-state index is -0.668. The molecule has 2 atom stereocenters. The second-order valence-electron chi connectivity index (χ2n) is 6.48. The Morgan fingerprint density at radius 3 is 2.96 bits per heavy atom. The molecule has 1 saturated heterocycles. The van der Waals surface area contributed by atoms with Crippen molar-refractivity contribution in [1.82, 2.24) is 4.98 Å². The summed E-state index contributed by atoms with van der Waals surface area (Å²) in [5.74, 6) is 1.80. The Kier molecular flexibility index (Phi) is 3.94. The third kappa shape index (κ3) is 2.66. The van der Waals surface area contributed by atoms with Crippen LogP contribution in [0.15, 0.2) is 30.6 Å². The van der Waals surface area contributed by atoms with Gasteiger partial charge in [-0.05, 0) is 36.5 Å². The first-order chi connectivity index (χ1) is 11.7. The normalized spacial score (nSPS) is 22.4. The fourth-order valence-corrected chi connectivity index (χ4v) is 3.57. The molecule has 2 aliphatic rings. The van der Waals surface area contributed by atoms with Crippen molar-refractivity contribution in [2.45, 2.75) is 31.7 Å². The summed E-state index contributed by atoms with van der Waals surface area (Å²) >= 11 is 0. The molecule has 1 fully saturated rings. The number of ether oxygens (including phenoxy) is 2. The van der Waals surface area contributed by atoms with Crippen LogP contribution in [-0.4, -0.2) is 36.9 Å². The summed E-state index contributed by atoms with van der Waals surface area (Å²) < 4.78 is 16.6. The van der Waals surface area contributed by atoms with Crippen LogP contribution in [-0.2, 0) is 11.1 Å². The van der Waals surface area contributed by atoms with Crippen LogP contribution in [0, 0.1) is 0 Å². The number of pyridine rings is 1. The first-order valence-corrected chi connectivity index (χ1v) is 8.27. The van der Waals surface area contributed by atoms with E-state index in [1.165, 1.54) is 5.56 Å². The molecule has 1 N–H and O–H groups in total. The third-order valence-electron chi connectivity index (χ3n) is 4.77. The number of nitrogens with zero attached hydrogens (tertiary/aromatic N) is 1. The van der Waals surface area contributed by atoms with Crippen LogP contribution in [0.25, 0.3) is 11.1 Å². The lowest BCUT2D eigenvalue weighted by Crippen LogP contribution is -2.07. The van der Waals surface area contributed by atoms with Crippen molar-refractivity contribution in [2.75, 3.05) is 13.7 Å². The highest BCUT2D eigenvalue weighted by Crippen LogP contribution is 2.43. The lowest BCUT2D eigenvalue weighted by molar-refractivity contribution is 0.243. The van der Waals surface area contributed by atoms with E-state index < -0.39 is 7.12 Å². The van der Waals surface area contributed by atoms with E-state index in [9.17, 15) is 5.02 Å². The Morgan fingerprint density at radius 2 is 2.21 bits per heavy atom. The number of hydrogen-bond donors (Lipinski definition) is 1. The summed E-state index contributed by atoms with van der Waals surface area (Å²) in [6.07, 6.45) is 5.35. The minimum absolute atomic E-state index is 0.143. The largest absolute Gasteiger partial charge is 0.493 e. The molecule has 4 rings (SSSR count). The van der Waals surface area contributed by atoms with Gasteiger partial charge in [0.05, 0.1) is 7.11 Å². The van der Waals surface area contributed by atoms with Crippen molar-refractivity contribution in [3.63, 3.8) is 0 Å². The summed E-state index contributed by atoms with van der Waals surface area (Å²) in [5.41, 5.74) is 4.46. The molecule has 5 nitrogen and oxygen atoms in total. The maximum atomic E-state index is 9.59. The van der Waals surface area contributed by atoms with E-state index in [0.29, 0.717) is 12.9 Å². The van der Waals surface area contributed by atoms with Crippen molar-refractivity contribution in [3.8, 4) is 22.6 Å². The number of benzene rings is 1. The van der Waals surface area contributed by atoms with Gasteiger partial charge < -0.3 is 19.2 Å². The van der Waals surface area contributed by atoms with Gasteiger partial charge in [0.25, 0.3) is 0 Å². The Morgan fingerprint density at radius 1 is 1.33 bits per heavy atom. The van der Waals surface area contributed by atoms with Gasteiger partial charge in [-0.15, -0.1) is 0 Å². The van der Waals surface area contributed by atoms with Crippen LogP contribution in [0.2, 0.25) is 6.32 Å². The fraction of sp³-hybridized carbons (Fsp3) is 0.389. The Bertz CT molecular complexity index is 767. The molecule has 1 aromatic heterocycles. The quantitative estimate of drug-likeness (QED) is 0.879. The second kappa shape index (κ2) is 6.11. The zero-order chi connectivity index (χ0) is 16.7. The van der Waals surface area contributed by atoms with Gasteiger partial charge >= 0.3 is 7.12 Å². The van der Waals surface area contributed by atoms with Gasteiger partial charge in [0.15, 0.2) is 11.5 Å². The summed E-state index contributed by atoms with van der Waals surface area (Å²) in [6.45, 7) is 2.60. The SMILES string of the molecule is COc1ccc(-c2cncc([C@@H]3COB(O)C3)c2)c2c1OC(C)C2. The average Bonchev–Trinajstić information content (AvgIpc) is 3.19. The standard InChI is InChI=1S/C18H20BNO4/c1-11-5-16-15(3-4-17(22-2)18(16)24-11)13-6-12(8-20-9-13)14-7-19(21)23-10-14/h3-4,6,8-9,11,14,21H,5,7,10H2,1-2H3/t11?,14-/m0/s1. The molecule has 2 aromatic rings. The van der Waals surface area contributed by atoms with Gasteiger partial charge in [-0.3, -0.25) is 4.98 Å². The van der Waals surface area contributed by atoms with E-state index in [2.05, 4.69) is 24.0 Å².